The number of aliphatic carboxylic acids is 2. The van der Waals surface area contributed by atoms with Crippen LogP contribution < -0.4 is 5.32 Å². The highest BCUT2D eigenvalue weighted by Crippen LogP contribution is 2.15. The Bertz CT molecular complexity index is 171. The van der Waals surface area contributed by atoms with Crippen molar-refractivity contribution in [2.75, 3.05) is 6.54 Å². The van der Waals surface area contributed by atoms with Crippen molar-refractivity contribution < 1.29 is 19.8 Å². The summed E-state index contributed by atoms with van der Waals surface area (Å²) in [5.74, 6) is -2.90. The molecule has 11 heavy (non-hydrogen) atoms. The number of carbonyl (C=O) groups is 2. The molecule has 0 aliphatic carbocycles. The van der Waals surface area contributed by atoms with Crippen molar-refractivity contribution in [1.29, 1.82) is 0 Å². The van der Waals surface area contributed by atoms with Crippen LogP contribution in [0.15, 0.2) is 0 Å². The summed E-state index contributed by atoms with van der Waals surface area (Å²) in [7, 11) is 0. The van der Waals surface area contributed by atoms with Gasteiger partial charge in [-0.3, -0.25) is 9.59 Å². The Hall–Kier alpha value is -1.10. The van der Waals surface area contributed by atoms with Gasteiger partial charge in [0.25, 0.3) is 0 Å². The molecule has 5 heteroatoms. The molecule has 2 atom stereocenters. The average Bonchev–Trinajstić information content (AvgIpc) is 2.32. The molecule has 0 amide bonds. The molecule has 62 valence electrons. The lowest BCUT2D eigenvalue weighted by Crippen LogP contribution is -2.38. The quantitative estimate of drug-likeness (QED) is 0.487. The van der Waals surface area contributed by atoms with Crippen LogP contribution in [-0.2, 0) is 9.59 Å². The van der Waals surface area contributed by atoms with Crippen LogP contribution in [0.3, 0.4) is 0 Å². The van der Waals surface area contributed by atoms with Crippen LogP contribution in [0.4, 0.5) is 0 Å². The fourth-order valence-electron chi connectivity index (χ4n) is 1.23. The van der Waals surface area contributed by atoms with Crippen molar-refractivity contribution in [3.8, 4) is 0 Å². The fourth-order valence-corrected chi connectivity index (χ4v) is 1.23. The number of hydrogen-bond acceptors (Lipinski definition) is 3. The molecule has 0 saturated carbocycles. The molecule has 1 heterocycles. The number of rotatable bonds is 2. The van der Waals surface area contributed by atoms with Gasteiger partial charge < -0.3 is 15.5 Å². The minimum atomic E-state index is -1.09. The molecule has 1 fully saturated rings. The summed E-state index contributed by atoms with van der Waals surface area (Å²) in [5.41, 5.74) is 0. The first-order chi connectivity index (χ1) is 5.13. The van der Waals surface area contributed by atoms with E-state index in [0.29, 0.717) is 13.0 Å². The topological polar surface area (TPSA) is 86.6 Å². The summed E-state index contributed by atoms with van der Waals surface area (Å²) in [6.45, 7) is 0.466. The highest BCUT2D eigenvalue weighted by atomic mass is 16.4. The van der Waals surface area contributed by atoms with E-state index in [1.165, 1.54) is 0 Å². The molecule has 0 spiro atoms. The Kier molecular flexibility index (Phi) is 2.09. The molecule has 1 aliphatic heterocycles. The molecule has 0 bridgehead atoms. The SMILES string of the molecule is O=C(O)[C@H]1NCC[C@H]1C(=O)O. The lowest BCUT2D eigenvalue weighted by atomic mass is 10.0. The number of carboxylic acids is 2. The lowest BCUT2D eigenvalue weighted by molar-refractivity contribution is -0.149. The number of nitrogens with one attached hydrogen (secondary N) is 1. The second kappa shape index (κ2) is 2.87. The Morgan fingerprint density at radius 1 is 1.27 bits per heavy atom. The van der Waals surface area contributed by atoms with Crippen LogP contribution in [0.2, 0.25) is 0 Å². The number of carboxylic acid groups (broad SMARTS) is 2. The predicted octanol–water partition coefficient (Wildman–Crippen LogP) is -0.866. The van der Waals surface area contributed by atoms with Gasteiger partial charge in [0.15, 0.2) is 0 Å². The van der Waals surface area contributed by atoms with E-state index in [1.54, 1.807) is 0 Å². The maximum absolute atomic E-state index is 10.4. The second-order valence-corrected chi connectivity index (χ2v) is 2.50. The van der Waals surface area contributed by atoms with Crippen molar-refractivity contribution in [2.45, 2.75) is 12.5 Å². The van der Waals surface area contributed by atoms with Crippen molar-refractivity contribution in [3.05, 3.63) is 0 Å². The van der Waals surface area contributed by atoms with Crippen LogP contribution in [0, 0.1) is 5.92 Å². The van der Waals surface area contributed by atoms with Crippen LogP contribution in [0.25, 0.3) is 0 Å². The molecule has 1 aliphatic rings. The van der Waals surface area contributed by atoms with E-state index in [9.17, 15) is 9.59 Å². The lowest BCUT2D eigenvalue weighted by Gasteiger charge is -2.09. The highest BCUT2D eigenvalue weighted by molar-refractivity contribution is 5.83. The molecule has 0 unspecified atom stereocenters. The summed E-state index contributed by atoms with van der Waals surface area (Å²) >= 11 is 0. The van der Waals surface area contributed by atoms with Gasteiger partial charge in [-0.2, -0.15) is 0 Å². The van der Waals surface area contributed by atoms with E-state index >= 15 is 0 Å². The normalized spacial score (nSPS) is 30.2. The maximum atomic E-state index is 10.4. The molecule has 0 aromatic carbocycles. The molecule has 0 radical (unpaired) electrons. The zero-order chi connectivity index (χ0) is 8.43. The highest BCUT2D eigenvalue weighted by Gasteiger charge is 2.37. The summed E-state index contributed by atoms with van der Waals surface area (Å²) in [5, 5.41) is 19.6. The van der Waals surface area contributed by atoms with Crippen LogP contribution in [0.5, 0.6) is 0 Å². The molecule has 1 rings (SSSR count). The van der Waals surface area contributed by atoms with E-state index in [-0.39, 0.29) is 0 Å². The van der Waals surface area contributed by atoms with E-state index in [1.807, 2.05) is 0 Å². The second-order valence-electron chi connectivity index (χ2n) is 2.50. The van der Waals surface area contributed by atoms with Crippen molar-refractivity contribution in [3.63, 3.8) is 0 Å². The Labute approximate surface area is 63.0 Å². The molecule has 5 nitrogen and oxygen atoms in total. The molecular weight excluding hydrogens is 150 g/mol. The van der Waals surface area contributed by atoms with Gasteiger partial charge >= 0.3 is 11.9 Å². The zero-order valence-electron chi connectivity index (χ0n) is 5.78. The van der Waals surface area contributed by atoms with Gasteiger partial charge in [0, 0.05) is 0 Å². The van der Waals surface area contributed by atoms with Gasteiger partial charge in [-0.25, -0.2) is 0 Å². The van der Waals surface area contributed by atoms with Gasteiger partial charge in [-0.05, 0) is 13.0 Å². The summed E-state index contributed by atoms with van der Waals surface area (Å²) < 4.78 is 0. The van der Waals surface area contributed by atoms with E-state index in [0.717, 1.165) is 0 Å². The first-order valence-electron chi connectivity index (χ1n) is 3.32. The van der Waals surface area contributed by atoms with Crippen LogP contribution >= 0.6 is 0 Å². The fraction of sp³-hybridized carbons (Fsp3) is 0.667. The first-order valence-corrected chi connectivity index (χ1v) is 3.32. The van der Waals surface area contributed by atoms with Crippen molar-refractivity contribution in [1.82, 2.24) is 5.32 Å². The van der Waals surface area contributed by atoms with Crippen molar-refractivity contribution >= 4 is 11.9 Å². The van der Waals surface area contributed by atoms with Gasteiger partial charge in [-0.15, -0.1) is 0 Å². The van der Waals surface area contributed by atoms with E-state index < -0.39 is 23.9 Å². The van der Waals surface area contributed by atoms with E-state index in [2.05, 4.69) is 5.32 Å². The minimum Gasteiger partial charge on any atom is -0.481 e. The first kappa shape index (κ1) is 8.00. The average molecular weight is 159 g/mol. The molecule has 0 aromatic rings. The third kappa shape index (κ3) is 1.48. The molecular formula is C6H9NO4. The maximum Gasteiger partial charge on any atom is 0.321 e. The van der Waals surface area contributed by atoms with Gasteiger partial charge in [0.05, 0.1) is 5.92 Å². The van der Waals surface area contributed by atoms with Crippen LogP contribution in [0.1, 0.15) is 6.42 Å². The Morgan fingerprint density at radius 3 is 2.27 bits per heavy atom. The summed E-state index contributed by atoms with van der Waals surface area (Å²) in [6, 6.07) is -0.910. The summed E-state index contributed by atoms with van der Waals surface area (Å²) in [4.78, 5) is 20.8. The zero-order valence-corrected chi connectivity index (χ0v) is 5.78. The van der Waals surface area contributed by atoms with Gasteiger partial charge in [0.1, 0.15) is 6.04 Å². The number of hydrogen-bond donors (Lipinski definition) is 3. The minimum absolute atomic E-state index is 0.395. The van der Waals surface area contributed by atoms with Gasteiger partial charge in [0.2, 0.25) is 0 Å². The Balaban J connectivity index is 2.65. The third-order valence-electron chi connectivity index (χ3n) is 1.81. The molecule has 0 aromatic heterocycles. The molecule has 3 N–H and O–H groups in total. The van der Waals surface area contributed by atoms with Crippen LogP contribution in [-0.4, -0.2) is 34.7 Å². The van der Waals surface area contributed by atoms with E-state index in [4.69, 9.17) is 10.2 Å². The smallest absolute Gasteiger partial charge is 0.321 e. The largest absolute Gasteiger partial charge is 0.481 e. The molecule has 1 saturated heterocycles. The standard InChI is InChI=1S/C6H9NO4/c8-5(9)3-1-2-7-4(3)6(10)11/h3-4,7H,1-2H2,(H,8,9)(H,10,11)/t3-,4+/m1/s1. The van der Waals surface area contributed by atoms with Gasteiger partial charge in [-0.1, -0.05) is 0 Å². The predicted molar refractivity (Wildman–Crippen MR) is 35.2 cm³/mol. The monoisotopic (exact) mass is 159 g/mol. The van der Waals surface area contributed by atoms with Crippen molar-refractivity contribution in [2.24, 2.45) is 5.92 Å². The third-order valence-corrected chi connectivity index (χ3v) is 1.81. The summed E-state index contributed by atoms with van der Waals surface area (Å²) in [6.07, 6.45) is 0.395. The Morgan fingerprint density at radius 2 is 1.91 bits per heavy atom.